The number of carbonyl (C=O) groups is 3. The second-order valence-electron chi connectivity index (χ2n) is 8.75. The number of nitrogens with zero attached hydrogens (tertiary/aromatic N) is 1. The van der Waals surface area contributed by atoms with Crippen molar-refractivity contribution in [2.75, 3.05) is 27.7 Å². The van der Waals surface area contributed by atoms with Crippen molar-refractivity contribution >= 4 is 17.5 Å². The van der Waals surface area contributed by atoms with Gasteiger partial charge in [-0.3, -0.25) is 9.59 Å². The number of rotatable bonds is 17. The van der Waals surface area contributed by atoms with Gasteiger partial charge in [0.25, 0.3) is 0 Å². The highest BCUT2D eigenvalue weighted by molar-refractivity contribution is 6.04. The zero-order valence-electron chi connectivity index (χ0n) is 17.7. The molecule has 1 unspecified atom stereocenters. The molecule has 0 aliphatic rings. The van der Waals surface area contributed by atoms with Crippen molar-refractivity contribution in [1.29, 1.82) is 0 Å². The van der Waals surface area contributed by atoms with Gasteiger partial charge < -0.3 is 19.5 Å². The van der Waals surface area contributed by atoms with Crippen molar-refractivity contribution in [1.82, 2.24) is 0 Å². The number of Topliss-reactive ketones (excluding diaryl/α,β-unsaturated/α-hetero) is 2. The molecule has 6 nitrogen and oxygen atoms in total. The second kappa shape index (κ2) is 13.0. The third-order valence-corrected chi connectivity index (χ3v) is 4.61. The van der Waals surface area contributed by atoms with Gasteiger partial charge in [0.05, 0.1) is 27.6 Å². The van der Waals surface area contributed by atoms with E-state index in [1.54, 1.807) is 21.1 Å². The predicted octanol–water partition coefficient (Wildman–Crippen LogP) is 2.01. The molecule has 0 aliphatic heterocycles. The number of quaternary nitrogens is 1. The Bertz CT molecular complexity index is 470. The minimum Gasteiger partial charge on any atom is -0.550 e. The Labute approximate surface area is 164 Å². The van der Waals surface area contributed by atoms with E-state index in [1.165, 1.54) is 38.5 Å². The quantitative estimate of drug-likeness (QED) is 0.235. The molecule has 0 saturated carbocycles. The molecule has 0 aromatic heterocycles. The number of aliphatic hydroxyl groups is 1. The molecule has 0 amide bonds. The van der Waals surface area contributed by atoms with Gasteiger partial charge in [-0.2, -0.15) is 0 Å². The summed E-state index contributed by atoms with van der Waals surface area (Å²) in [6.45, 7) is 2.12. The zero-order valence-corrected chi connectivity index (χ0v) is 17.7. The molecule has 0 rings (SSSR count). The number of aliphatic carboxylic acids is 1. The summed E-state index contributed by atoms with van der Waals surface area (Å²) in [7, 11) is 5.24. The van der Waals surface area contributed by atoms with Crippen LogP contribution in [0, 0.1) is 0 Å². The van der Waals surface area contributed by atoms with E-state index in [9.17, 15) is 24.6 Å². The molecule has 27 heavy (non-hydrogen) atoms. The molecule has 0 bridgehead atoms. The van der Waals surface area contributed by atoms with Crippen molar-refractivity contribution in [3.63, 3.8) is 0 Å². The van der Waals surface area contributed by atoms with Gasteiger partial charge in [0.1, 0.15) is 12.3 Å². The Kier molecular flexibility index (Phi) is 12.4. The number of carboxylic acids is 1. The topological polar surface area (TPSA) is 94.5 Å². The van der Waals surface area contributed by atoms with Crippen molar-refractivity contribution < 1.29 is 29.1 Å². The number of carbonyl (C=O) groups excluding carboxylic acids is 3. The summed E-state index contributed by atoms with van der Waals surface area (Å²) >= 11 is 0. The SMILES string of the molecule is CCCCCCCCCCCC(=O)CC(=O)C(O)(CC(=O)[O-])C[N+](C)(C)C. The Morgan fingerprint density at radius 3 is 1.81 bits per heavy atom. The smallest absolute Gasteiger partial charge is 0.177 e. The average molecular weight is 386 g/mol. The van der Waals surface area contributed by atoms with Gasteiger partial charge in [0.2, 0.25) is 0 Å². The van der Waals surface area contributed by atoms with E-state index in [2.05, 4.69) is 6.92 Å². The highest BCUT2D eigenvalue weighted by Gasteiger charge is 2.41. The first-order chi connectivity index (χ1) is 12.5. The van der Waals surface area contributed by atoms with E-state index in [0.29, 0.717) is 6.42 Å². The van der Waals surface area contributed by atoms with Gasteiger partial charge >= 0.3 is 0 Å². The van der Waals surface area contributed by atoms with Gasteiger partial charge in [-0.1, -0.05) is 58.3 Å². The maximum Gasteiger partial charge on any atom is 0.177 e. The first kappa shape index (κ1) is 25.7. The fourth-order valence-electron chi connectivity index (χ4n) is 3.33. The summed E-state index contributed by atoms with van der Waals surface area (Å²) in [4.78, 5) is 35.4. The highest BCUT2D eigenvalue weighted by Crippen LogP contribution is 2.19. The molecule has 0 spiro atoms. The van der Waals surface area contributed by atoms with Gasteiger partial charge in [0.15, 0.2) is 11.4 Å². The largest absolute Gasteiger partial charge is 0.550 e. The van der Waals surface area contributed by atoms with Crippen LogP contribution >= 0.6 is 0 Å². The maximum atomic E-state index is 12.4. The summed E-state index contributed by atoms with van der Waals surface area (Å²) in [6.07, 6.45) is 9.37. The van der Waals surface area contributed by atoms with Crippen LogP contribution in [0.5, 0.6) is 0 Å². The first-order valence-corrected chi connectivity index (χ1v) is 10.3. The Morgan fingerprint density at radius 2 is 1.37 bits per heavy atom. The maximum absolute atomic E-state index is 12.4. The third-order valence-electron chi connectivity index (χ3n) is 4.61. The fraction of sp³-hybridized carbons (Fsp3) is 0.857. The fourth-order valence-corrected chi connectivity index (χ4v) is 3.33. The first-order valence-electron chi connectivity index (χ1n) is 10.3. The van der Waals surface area contributed by atoms with Crippen LogP contribution in [0.15, 0.2) is 0 Å². The van der Waals surface area contributed by atoms with Crippen LogP contribution in [0.2, 0.25) is 0 Å². The van der Waals surface area contributed by atoms with Gasteiger partial charge in [-0.25, -0.2) is 0 Å². The summed E-state index contributed by atoms with van der Waals surface area (Å²) in [5.41, 5.74) is -2.06. The van der Waals surface area contributed by atoms with E-state index in [-0.39, 0.29) is 16.8 Å². The molecule has 0 fully saturated rings. The molecular weight excluding hydrogens is 346 g/mol. The van der Waals surface area contributed by atoms with E-state index >= 15 is 0 Å². The Balaban J connectivity index is 4.22. The number of hydrogen-bond acceptors (Lipinski definition) is 5. The molecule has 1 atom stereocenters. The number of hydrogen-bond donors (Lipinski definition) is 1. The van der Waals surface area contributed by atoms with E-state index in [4.69, 9.17) is 0 Å². The van der Waals surface area contributed by atoms with Gasteiger partial charge in [-0.05, 0) is 6.42 Å². The molecule has 158 valence electrons. The van der Waals surface area contributed by atoms with Crippen LogP contribution in [-0.4, -0.2) is 60.4 Å². The zero-order chi connectivity index (χ0) is 20.9. The molecule has 0 aliphatic carbocycles. The summed E-state index contributed by atoms with van der Waals surface area (Å²) in [6, 6.07) is 0. The molecular formula is C21H39NO5. The van der Waals surface area contributed by atoms with Gasteiger partial charge in [-0.15, -0.1) is 0 Å². The van der Waals surface area contributed by atoms with E-state index < -0.39 is 30.2 Å². The number of carboxylic acid groups (broad SMARTS) is 1. The standard InChI is InChI=1S/C21H39NO5/c1-5-6-7-8-9-10-11-12-13-14-18(23)15-19(24)21(27,16-20(25)26)17-22(2,3)4/h27H,5-17H2,1-4H3. The second-order valence-corrected chi connectivity index (χ2v) is 8.75. The lowest BCUT2D eigenvalue weighted by Gasteiger charge is -2.34. The van der Waals surface area contributed by atoms with Crippen molar-refractivity contribution in [3.05, 3.63) is 0 Å². The van der Waals surface area contributed by atoms with Crippen molar-refractivity contribution in [2.24, 2.45) is 0 Å². The average Bonchev–Trinajstić information content (AvgIpc) is 2.50. The minimum atomic E-state index is -2.06. The Morgan fingerprint density at radius 1 is 0.889 bits per heavy atom. The highest BCUT2D eigenvalue weighted by atomic mass is 16.4. The van der Waals surface area contributed by atoms with E-state index in [0.717, 1.165) is 19.3 Å². The van der Waals surface area contributed by atoms with E-state index in [1.807, 2.05) is 0 Å². The normalized spacial score (nSPS) is 14.0. The molecule has 6 heteroatoms. The summed E-state index contributed by atoms with van der Waals surface area (Å²) in [5, 5.41) is 21.5. The van der Waals surface area contributed by atoms with Crippen molar-refractivity contribution in [3.8, 4) is 0 Å². The molecule has 0 heterocycles. The van der Waals surface area contributed by atoms with Crippen molar-refractivity contribution in [2.45, 2.75) is 89.6 Å². The number of unbranched alkanes of at least 4 members (excludes halogenated alkanes) is 8. The summed E-state index contributed by atoms with van der Waals surface area (Å²) < 4.78 is 0.210. The van der Waals surface area contributed by atoms with Gasteiger partial charge in [0, 0.05) is 18.8 Å². The van der Waals surface area contributed by atoms with Crippen LogP contribution in [0.25, 0.3) is 0 Å². The molecule has 0 aromatic rings. The third kappa shape index (κ3) is 13.5. The van der Waals surface area contributed by atoms with Crippen LogP contribution in [-0.2, 0) is 14.4 Å². The van der Waals surface area contributed by atoms with Crippen LogP contribution in [0.4, 0.5) is 0 Å². The lowest BCUT2D eigenvalue weighted by molar-refractivity contribution is -0.875. The number of ketones is 2. The van der Waals surface area contributed by atoms with Crippen LogP contribution in [0.3, 0.4) is 0 Å². The molecule has 0 saturated heterocycles. The Hall–Kier alpha value is -1.27. The predicted molar refractivity (Wildman–Crippen MR) is 104 cm³/mol. The van der Waals surface area contributed by atoms with Crippen LogP contribution < -0.4 is 5.11 Å². The molecule has 1 N–H and O–H groups in total. The molecule has 0 aromatic carbocycles. The molecule has 0 radical (unpaired) electrons. The lowest BCUT2D eigenvalue weighted by Crippen LogP contribution is -2.56. The number of likely N-dealkylation sites (N-methyl/N-ethyl adjacent to an activating group) is 1. The minimum absolute atomic E-state index is 0.0782. The lowest BCUT2D eigenvalue weighted by atomic mass is 9.89. The summed E-state index contributed by atoms with van der Waals surface area (Å²) in [5.74, 6) is -2.45. The monoisotopic (exact) mass is 385 g/mol. The van der Waals surface area contributed by atoms with Crippen LogP contribution in [0.1, 0.15) is 84.0 Å².